The van der Waals surface area contributed by atoms with Gasteiger partial charge < -0.3 is 15.4 Å². The summed E-state index contributed by atoms with van der Waals surface area (Å²) in [4.78, 5) is 57.7. The van der Waals surface area contributed by atoms with Gasteiger partial charge in [-0.2, -0.15) is 0 Å². The van der Waals surface area contributed by atoms with E-state index in [-0.39, 0.29) is 16.3 Å². The summed E-state index contributed by atoms with van der Waals surface area (Å²) >= 11 is 5.75. The van der Waals surface area contributed by atoms with Gasteiger partial charge in [-0.25, -0.2) is 4.79 Å². The Labute approximate surface area is 198 Å². The number of nitrogens with zero attached hydrogens (tertiary/aromatic N) is 2. The predicted octanol–water partition coefficient (Wildman–Crippen LogP) is 3.40. The van der Waals surface area contributed by atoms with Crippen LogP contribution in [0.25, 0.3) is 0 Å². The molecule has 34 heavy (non-hydrogen) atoms. The Bertz CT molecular complexity index is 1150. The van der Waals surface area contributed by atoms with E-state index in [0.29, 0.717) is 11.3 Å². The van der Waals surface area contributed by atoms with Crippen molar-refractivity contribution in [3.63, 3.8) is 0 Å². The lowest BCUT2D eigenvalue weighted by Crippen LogP contribution is -2.46. The van der Waals surface area contributed by atoms with Crippen LogP contribution in [0.15, 0.2) is 36.4 Å². The SMILES string of the molecule is Cc1cc([N+](=O)[O-])ccc1NC(=O)COC(=O)[C@@H](NC(=O)c1ccc(Cl)c([N+](=O)[O-])c1)C(C)C. The number of carbonyl (C=O) groups excluding carboxylic acids is 3. The Balaban J connectivity index is 2.02. The van der Waals surface area contributed by atoms with Crippen molar-refractivity contribution < 1.29 is 29.0 Å². The quantitative estimate of drug-likeness (QED) is 0.304. The zero-order valence-electron chi connectivity index (χ0n) is 18.4. The van der Waals surface area contributed by atoms with Gasteiger partial charge in [0.15, 0.2) is 6.61 Å². The zero-order valence-corrected chi connectivity index (χ0v) is 19.1. The molecule has 13 heteroatoms. The summed E-state index contributed by atoms with van der Waals surface area (Å²) < 4.78 is 5.02. The van der Waals surface area contributed by atoms with E-state index < -0.39 is 51.9 Å². The minimum absolute atomic E-state index is 0.0825. The number of ether oxygens (including phenoxy) is 1. The summed E-state index contributed by atoms with van der Waals surface area (Å²) in [6.07, 6.45) is 0. The topological polar surface area (TPSA) is 171 Å². The van der Waals surface area contributed by atoms with Gasteiger partial charge in [0.1, 0.15) is 11.1 Å². The molecule has 0 aromatic heterocycles. The van der Waals surface area contributed by atoms with E-state index in [1.165, 1.54) is 30.3 Å². The monoisotopic (exact) mass is 492 g/mol. The fourth-order valence-electron chi connectivity index (χ4n) is 2.83. The Morgan fingerprint density at radius 2 is 1.74 bits per heavy atom. The van der Waals surface area contributed by atoms with Crippen molar-refractivity contribution >= 4 is 46.4 Å². The molecule has 0 aliphatic heterocycles. The van der Waals surface area contributed by atoms with E-state index in [9.17, 15) is 34.6 Å². The molecule has 0 heterocycles. The number of hydrogen-bond donors (Lipinski definition) is 2. The van der Waals surface area contributed by atoms with Gasteiger partial charge in [0.2, 0.25) is 0 Å². The lowest BCUT2D eigenvalue weighted by Gasteiger charge is -2.21. The lowest BCUT2D eigenvalue weighted by atomic mass is 10.0. The standard InChI is InChI=1S/C21H21ClN4O8/c1-11(2)19(24-20(28)13-4-6-15(22)17(9-13)26(32)33)21(29)34-10-18(27)23-16-7-5-14(25(30)31)8-12(16)3/h4-9,11,19H,10H2,1-3H3,(H,23,27)(H,24,28)/t19-/m0/s1. The minimum atomic E-state index is -1.14. The molecule has 0 saturated carbocycles. The molecule has 0 aliphatic carbocycles. The number of nitro groups is 2. The van der Waals surface area contributed by atoms with Gasteiger partial charge in [0, 0.05) is 29.4 Å². The van der Waals surface area contributed by atoms with Crippen LogP contribution in [0.2, 0.25) is 5.02 Å². The highest BCUT2D eigenvalue weighted by Gasteiger charge is 2.28. The van der Waals surface area contributed by atoms with Gasteiger partial charge in [-0.3, -0.25) is 29.8 Å². The maximum atomic E-state index is 12.5. The van der Waals surface area contributed by atoms with Crippen molar-refractivity contribution in [2.24, 2.45) is 5.92 Å². The molecule has 0 radical (unpaired) electrons. The van der Waals surface area contributed by atoms with Crippen LogP contribution in [-0.2, 0) is 14.3 Å². The summed E-state index contributed by atoms with van der Waals surface area (Å²) in [6.45, 7) is 4.18. The third-order valence-electron chi connectivity index (χ3n) is 4.65. The fourth-order valence-corrected chi connectivity index (χ4v) is 3.02. The van der Waals surface area contributed by atoms with Gasteiger partial charge in [0.25, 0.3) is 23.2 Å². The molecular formula is C21H21ClN4O8. The van der Waals surface area contributed by atoms with Crippen molar-refractivity contribution in [3.05, 3.63) is 72.8 Å². The van der Waals surface area contributed by atoms with Gasteiger partial charge in [-0.05, 0) is 36.6 Å². The summed E-state index contributed by atoms with van der Waals surface area (Å²) in [7, 11) is 0. The molecule has 0 bridgehead atoms. The number of anilines is 1. The molecular weight excluding hydrogens is 472 g/mol. The Hall–Kier alpha value is -4.06. The van der Waals surface area contributed by atoms with Crippen LogP contribution in [0, 0.1) is 33.1 Å². The Morgan fingerprint density at radius 1 is 1.06 bits per heavy atom. The van der Waals surface area contributed by atoms with Gasteiger partial charge in [-0.15, -0.1) is 0 Å². The number of aryl methyl sites for hydroxylation is 1. The average Bonchev–Trinajstić information content (AvgIpc) is 2.76. The molecule has 2 aromatic rings. The average molecular weight is 493 g/mol. The van der Waals surface area contributed by atoms with Crippen LogP contribution < -0.4 is 10.6 Å². The van der Waals surface area contributed by atoms with E-state index in [1.54, 1.807) is 20.8 Å². The highest BCUT2D eigenvalue weighted by molar-refractivity contribution is 6.32. The maximum absolute atomic E-state index is 12.5. The smallest absolute Gasteiger partial charge is 0.329 e. The first-order valence-corrected chi connectivity index (χ1v) is 10.2. The molecule has 0 saturated heterocycles. The Kier molecular flexibility index (Phi) is 8.62. The largest absolute Gasteiger partial charge is 0.454 e. The second-order valence-corrected chi connectivity index (χ2v) is 7.94. The van der Waals surface area contributed by atoms with Crippen molar-refractivity contribution in [3.8, 4) is 0 Å². The zero-order chi connectivity index (χ0) is 25.6. The molecule has 1 atom stereocenters. The van der Waals surface area contributed by atoms with Crippen molar-refractivity contribution in [1.82, 2.24) is 5.32 Å². The first kappa shape index (κ1) is 26.2. The summed E-state index contributed by atoms with van der Waals surface area (Å²) in [5, 5.41) is 26.6. The molecule has 2 rings (SSSR count). The number of benzene rings is 2. The normalized spacial score (nSPS) is 11.4. The highest BCUT2D eigenvalue weighted by atomic mass is 35.5. The third-order valence-corrected chi connectivity index (χ3v) is 4.97. The summed E-state index contributed by atoms with van der Waals surface area (Å²) in [6, 6.07) is 6.18. The van der Waals surface area contributed by atoms with Crippen molar-refractivity contribution in [1.29, 1.82) is 0 Å². The van der Waals surface area contributed by atoms with Crippen LogP contribution in [0.4, 0.5) is 17.1 Å². The van der Waals surface area contributed by atoms with Crippen LogP contribution in [0.1, 0.15) is 29.8 Å². The molecule has 0 aliphatic rings. The van der Waals surface area contributed by atoms with Gasteiger partial charge in [0.05, 0.1) is 9.85 Å². The highest BCUT2D eigenvalue weighted by Crippen LogP contribution is 2.25. The number of nitro benzene ring substituents is 2. The van der Waals surface area contributed by atoms with Crippen LogP contribution in [0.3, 0.4) is 0 Å². The number of rotatable bonds is 9. The van der Waals surface area contributed by atoms with E-state index in [2.05, 4.69) is 10.6 Å². The number of nitrogens with one attached hydrogen (secondary N) is 2. The molecule has 180 valence electrons. The van der Waals surface area contributed by atoms with Crippen LogP contribution in [-0.4, -0.2) is 40.3 Å². The molecule has 2 aromatic carbocycles. The number of non-ortho nitro benzene ring substituents is 1. The second-order valence-electron chi connectivity index (χ2n) is 7.53. The van der Waals surface area contributed by atoms with Gasteiger partial charge >= 0.3 is 5.97 Å². The third kappa shape index (κ3) is 6.72. The van der Waals surface area contributed by atoms with Crippen LogP contribution >= 0.6 is 11.6 Å². The van der Waals surface area contributed by atoms with Gasteiger partial charge in [-0.1, -0.05) is 25.4 Å². The molecule has 2 N–H and O–H groups in total. The van der Waals surface area contributed by atoms with Crippen molar-refractivity contribution in [2.45, 2.75) is 26.8 Å². The van der Waals surface area contributed by atoms with Crippen molar-refractivity contribution in [2.75, 3.05) is 11.9 Å². The second kappa shape index (κ2) is 11.2. The summed E-state index contributed by atoms with van der Waals surface area (Å²) in [5.74, 6) is -2.77. The van der Waals surface area contributed by atoms with E-state index in [4.69, 9.17) is 16.3 Å². The van der Waals surface area contributed by atoms with E-state index in [0.717, 1.165) is 6.07 Å². The number of amides is 2. The number of carbonyl (C=O) groups is 3. The molecule has 0 unspecified atom stereocenters. The predicted molar refractivity (Wildman–Crippen MR) is 122 cm³/mol. The minimum Gasteiger partial charge on any atom is -0.454 e. The molecule has 0 spiro atoms. The van der Waals surface area contributed by atoms with E-state index >= 15 is 0 Å². The number of hydrogen-bond acceptors (Lipinski definition) is 8. The Morgan fingerprint density at radius 3 is 2.29 bits per heavy atom. The lowest BCUT2D eigenvalue weighted by molar-refractivity contribution is -0.385. The number of halogens is 1. The fraction of sp³-hybridized carbons (Fsp3) is 0.286. The first-order chi connectivity index (χ1) is 15.9. The molecule has 0 fully saturated rings. The maximum Gasteiger partial charge on any atom is 0.329 e. The van der Waals surface area contributed by atoms with E-state index in [1.807, 2.05) is 0 Å². The van der Waals surface area contributed by atoms with Crippen LogP contribution in [0.5, 0.6) is 0 Å². The summed E-state index contributed by atoms with van der Waals surface area (Å²) in [5.41, 5.74) is 0.0727. The molecule has 12 nitrogen and oxygen atoms in total. The number of esters is 1. The first-order valence-electron chi connectivity index (χ1n) is 9.87. The molecule has 2 amide bonds.